The fourth-order valence-electron chi connectivity index (χ4n) is 3.10. The highest BCUT2D eigenvalue weighted by Crippen LogP contribution is 2.30. The molecule has 2 N–H and O–H groups in total. The number of carboxylic acids is 1. The summed E-state index contributed by atoms with van der Waals surface area (Å²) in [5, 5.41) is 12.7. The SMILES string of the molecule is Cc1sc(-c2ccc(F)c(Cl)c2)nc1C(=O)NCc1cc(CC(OC(C)C)C(=O)O)ccn1. The molecule has 1 amide bonds. The molecule has 2 heterocycles. The summed E-state index contributed by atoms with van der Waals surface area (Å²) in [6.07, 6.45) is 0.566. The molecule has 0 fully saturated rings. The van der Waals surface area contributed by atoms with E-state index in [1.807, 2.05) is 0 Å². The van der Waals surface area contributed by atoms with Crippen LogP contribution >= 0.6 is 22.9 Å². The number of thiazole rings is 1. The summed E-state index contributed by atoms with van der Waals surface area (Å²) in [6.45, 7) is 5.48. The van der Waals surface area contributed by atoms with Crippen molar-refractivity contribution in [3.8, 4) is 10.6 Å². The average molecular weight is 492 g/mol. The van der Waals surface area contributed by atoms with Gasteiger partial charge in [0.1, 0.15) is 16.5 Å². The van der Waals surface area contributed by atoms with Gasteiger partial charge in [-0.2, -0.15) is 0 Å². The molecular weight excluding hydrogens is 469 g/mol. The lowest BCUT2D eigenvalue weighted by Crippen LogP contribution is -2.29. The molecule has 0 aliphatic heterocycles. The van der Waals surface area contributed by atoms with Crippen LogP contribution in [0.25, 0.3) is 10.6 Å². The van der Waals surface area contributed by atoms with Gasteiger partial charge in [0.05, 0.1) is 23.4 Å². The van der Waals surface area contributed by atoms with E-state index in [-0.39, 0.29) is 35.7 Å². The summed E-state index contributed by atoms with van der Waals surface area (Å²) in [5.74, 6) is -1.93. The molecule has 1 aromatic carbocycles. The molecule has 1 unspecified atom stereocenters. The number of ether oxygens (including phenoxy) is 1. The summed E-state index contributed by atoms with van der Waals surface area (Å²) in [6, 6.07) is 7.74. The van der Waals surface area contributed by atoms with Crippen LogP contribution in [0.3, 0.4) is 0 Å². The Balaban J connectivity index is 1.67. The molecule has 0 aliphatic rings. The molecule has 7 nitrogen and oxygen atoms in total. The lowest BCUT2D eigenvalue weighted by Gasteiger charge is -2.16. The van der Waals surface area contributed by atoms with Crippen LogP contribution < -0.4 is 5.32 Å². The number of halogens is 2. The zero-order valence-corrected chi connectivity index (χ0v) is 19.8. The van der Waals surface area contributed by atoms with E-state index >= 15 is 0 Å². The van der Waals surface area contributed by atoms with Crippen LogP contribution in [0.2, 0.25) is 5.02 Å². The second-order valence-corrected chi connectivity index (χ2v) is 9.22. The van der Waals surface area contributed by atoms with E-state index in [0.717, 1.165) is 5.56 Å². The highest BCUT2D eigenvalue weighted by molar-refractivity contribution is 7.15. The first kappa shape index (κ1) is 24.8. The molecule has 0 bridgehead atoms. The third kappa shape index (κ3) is 6.56. The van der Waals surface area contributed by atoms with Gasteiger partial charge < -0.3 is 15.2 Å². The number of nitrogens with zero attached hydrogens (tertiary/aromatic N) is 2. The minimum absolute atomic E-state index is 0.0127. The number of aliphatic carboxylic acids is 1. The largest absolute Gasteiger partial charge is 0.479 e. The second-order valence-electron chi connectivity index (χ2n) is 7.61. The van der Waals surface area contributed by atoms with Crippen LogP contribution in [-0.4, -0.2) is 39.2 Å². The first-order chi connectivity index (χ1) is 15.6. The first-order valence-electron chi connectivity index (χ1n) is 10.2. The van der Waals surface area contributed by atoms with Gasteiger partial charge in [0.2, 0.25) is 0 Å². The molecule has 0 aliphatic carbocycles. The molecule has 2 aromatic heterocycles. The minimum Gasteiger partial charge on any atom is -0.479 e. The van der Waals surface area contributed by atoms with Crippen molar-refractivity contribution in [2.75, 3.05) is 0 Å². The third-order valence-electron chi connectivity index (χ3n) is 4.62. The molecule has 0 saturated carbocycles. The number of carbonyl (C=O) groups is 2. The van der Waals surface area contributed by atoms with Gasteiger partial charge in [0.15, 0.2) is 6.10 Å². The van der Waals surface area contributed by atoms with Crippen molar-refractivity contribution in [3.05, 3.63) is 69.2 Å². The number of hydrogen-bond donors (Lipinski definition) is 2. The number of carbonyl (C=O) groups excluding carboxylic acids is 1. The Morgan fingerprint density at radius 1 is 1.27 bits per heavy atom. The maximum Gasteiger partial charge on any atom is 0.333 e. The summed E-state index contributed by atoms with van der Waals surface area (Å²) < 4.78 is 18.9. The topological polar surface area (TPSA) is 101 Å². The Hall–Kier alpha value is -2.88. The van der Waals surface area contributed by atoms with E-state index in [4.69, 9.17) is 16.3 Å². The zero-order valence-electron chi connectivity index (χ0n) is 18.3. The normalized spacial score (nSPS) is 12.1. The number of aromatic nitrogens is 2. The first-order valence-corrected chi connectivity index (χ1v) is 11.4. The molecule has 3 aromatic rings. The fourth-order valence-corrected chi connectivity index (χ4v) is 4.19. The van der Waals surface area contributed by atoms with Crippen molar-refractivity contribution < 1.29 is 23.8 Å². The van der Waals surface area contributed by atoms with Crippen LogP contribution in [0.4, 0.5) is 4.39 Å². The molecule has 33 heavy (non-hydrogen) atoms. The van der Waals surface area contributed by atoms with Gasteiger partial charge >= 0.3 is 5.97 Å². The number of rotatable bonds is 9. The lowest BCUT2D eigenvalue weighted by molar-refractivity contribution is -0.153. The number of aryl methyl sites for hydroxylation is 1. The Labute approximate surface area is 199 Å². The maximum absolute atomic E-state index is 13.4. The Morgan fingerprint density at radius 3 is 2.70 bits per heavy atom. The van der Waals surface area contributed by atoms with E-state index in [1.54, 1.807) is 45.2 Å². The number of pyridine rings is 1. The molecule has 0 radical (unpaired) electrons. The van der Waals surface area contributed by atoms with Crippen LogP contribution in [0.5, 0.6) is 0 Å². The lowest BCUT2D eigenvalue weighted by atomic mass is 10.1. The van der Waals surface area contributed by atoms with E-state index in [0.29, 0.717) is 21.1 Å². The number of hydrogen-bond acceptors (Lipinski definition) is 6. The third-order valence-corrected chi connectivity index (χ3v) is 5.93. The smallest absolute Gasteiger partial charge is 0.333 e. The zero-order chi connectivity index (χ0) is 24.1. The highest BCUT2D eigenvalue weighted by Gasteiger charge is 2.21. The fraction of sp³-hybridized carbons (Fsp3) is 0.304. The molecule has 3 rings (SSSR count). The highest BCUT2D eigenvalue weighted by atomic mass is 35.5. The quantitative estimate of drug-likeness (QED) is 0.451. The van der Waals surface area contributed by atoms with Crippen LogP contribution in [0.1, 0.15) is 40.5 Å². The summed E-state index contributed by atoms with van der Waals surface area (Å²) in [4.78, 5) is 33.5. The summed E-state index contributed by atoms with van der Waals surface area (Å²) >= 11 is 7.16. The monoisotopic (exact) mass is 491 g/mol. The van der Waals surface area contributed by atoms with Gasteiger partial charge in [-0.1, -0.05) is 11.6 Å². The van der Waals surface area contributed by atoms with Crippen LogP contribution in [0.15, 0.2) is 36.5 Å². The van der Waals surface area contributed by atoms with Gasteiger partial charge in [-0.25, -0.2) is 14.2 Å². The van der Waals surface area contributed by atoms with E-state index in [2.05, 4.69) is 15.3 Å². The molecule has 0 saturated heterocycles. The predicted octanol–water partition coefficient (Wildman–Crippen LogP) is 4.66. The molecule has 10 heteroatoms. The Bertz CT molecular complexity index is 1170. The van der Waals surface area contributed by atoms with Gasteiger partial charge in [0, 0.05) is 23.1 Å². The van der Waals surface area contributed by atoms with Gasteiger partial charge in [-0.05, 0) is 56.7 Å². The number of carboxylic acid groups (broad SMARTS) is 1. The molecule has 0 spiro atoms. The summed E-state index contributed by atoms with van der Waals surface area (Å²) in [5.41, 5.74) is 2.21. The van der Waals surface area contributed by atoms with E-state index < -0.39 is 17.9 Å². The van der Waals surface area contributed by atoms with E-state index in [9.17, 15) is 19.1 Å². The average Bonchev–Trinajstić information content (AvgIpc) is 3.15. The van der Waals surface area contributed by atoms with Gasteiger partial charge in [-0.15, -0.1) is 11.3 Å². The Morgan fingerprint density at radius 2 is 2.03 bits per heavy atom. The van der Waals surface area contributed by atoms with E-state index in [1.165, 1.54) is 23.5 Å². The maximum atomic E-state index is 13.4. The van der Waals surface area contributed by atoms with Crippen molar-refractivity contribution >= 4 is 34.8 Å². The van der Waals surface area contributed by atoms with Crippen LogP contribution in [0, 0.1) is 12.7 Å². The number of amides is 1. The van der Waals surface area contributed by atoms with Crippen molar-refractivity contribution in [2.45, 2.75) is 45.9 Å². The van der Waals surface area contributed by atoms with Crippen molar-refractivity contribution in [3.63, 3.8) is 0 Å². The van der Waals surface area contributed by atoms with Crippen molar-refractivity contribution in [1.82, 2.24) is 15.3 Å². The molecular formula is C23H23ClFN3O4S. The van der Waals surface area contributed by atoms with Crippen molar-refractivity contribution in [2.24, 2.45) is 0 Å². The second kappa shape index (κ2) is 10.8. The molecule has 174 valence electrons. The Kier molecular flexibility index (Phi) is 8.12. The summed E-state index contributed by atoms with van der Waals surface area (Å²) in [7, 11) is 0. The number of nitrogens with one attached hydrogen (secondary N) is 1. The predicted molar refractivity (Wildman–Crippen MR) is 124 cm³/mol. The minimum atomic E-state index is -1.03. The van der Waals surface area contributed by atoms with Crippen LogP contribution in [-0.2, 0) is 22.5 Å². The molecule has 1 atom stereocenters. The van der Waals surface area contributed by atoms with Crippen molar-refractivity contribution in [1.29, 1.82) is 0 Å². The van der Waals surface area contributed by atoms with Gasteiger partial charge in [0.25, 0.3) is 5.91 Å². The number of benzene rings is 1. The standard InChI is InChI=1S/C23H23ClFN3O4S/c1-12(2)32-19(23(30)31)9-14-6-7-26-16(8-14)11-27-21(29)20-13(3)33-22(28-20)15-4-5-18(25)17(24)10-15/h4-8,10,12,19H,9,11H2,1-3H3,(H,27,29)(H,30,31). The van der Waals surface area contributed by atoms with Gasteiger partial charge in [-0.3, -0.25) is 9.78 Å².